The molecule has 2 N–H and O–H groups in total. The van der Waals surface area contributed by atoms with Crippen LogP contribution in [-0.2, 0) is 27.2 Å². The lowest BCUT2D eigenvalue weighted by molar-refractivity contribution is -0.169. The van der Waals surface area contributed by atoms with E-state index in [1.807, 2.05) is 43.0 Å². The molecule has 3 aliphatic rings. The lowest BCUT2D eigenvalue weighted by Gasteiger charge is -2.42. The molecule has 5 rings (SSSR count). The molecule has 10 nitrogen and oxygen atoms in total. The summed E-state index contributed by atoms with van der Waals surface area (Å²) in [5.41, 5.74) is 3.10. The molecule has 2 fully saturated rings. The van der Waals surface area contributed by atoms with Gasteiger partial charge in [0.05, 0.1) is 50.1 Å². The van der Waals surface area contributed by atoms with Crippen LogP contribution in [0, 0.1) is 5.41 Å². The Kier molecular flexibility index (Phi) is 6.81. The fourth-order valence-electron chi connectivity index (χ4n) is 4.94. The maximum absolute atomic E-state index is 13.2. The van der Waals surface area contributed by atoms with Crippen molar-refractivity contribution in [1.29, 1.82) is 0 Å². The summed E-state index contributed by atoms with van der Waals surface area (Å²) in [6.45, 7) is 10.7. The monoisotopic (exact) mass is 494 g/mol. The first-order chi connectivity index (χ1) is 17.4. The number of benzene rings is 1. The molecule has 2 saturated heterocycles. The summed E-state index contributed by atoms with van der Waals surface area (Å²) in [4.78, 5) is 39.3. The molecule has 0 radical (unpaired) electrons. The number of aromatic nitrogens is 2. The summed E-state index contributed by atoms with van der Waals surface area (Å²) in [5, 5.41) is 5.54. The lowest BCUT2D eigenvalue weighted by Crippen LogP contribution is -2.54. The standard InChI is InChI=1S/C26H34N6O4/c1-4-27-25(34)28-19-7-5-18(6-8-19)22-29-21-13-31(24(33)26(3)15-36-16-26)10-9-20(21)23(30-22)32-11-12-35-14-17(32)2/h5-8,17H,4,9-16H2,1-3H3,(H2,27,28,34)/t17-/m0/s1. The summed E-state index contributed by atoms with van der Waals surface area (Å²) < 4.78 is 11.0. The lowest BCUT2D eigenvalue weighted by atomic mass is 9.86. The van der Waals surface area contributed by atoms with Crippen LogP contribution in [0.2, 0.25) is 0 Å². The van der Waals surface area contributed by atoms with E-state index < -0.39 is 5.41 Å². The minimum absolute atomic E-state index is 0.127. The van der Waals surface area contributed by atoms with Crippen LogP contribution >= 0.6 is 0 Å². The molecule has 0 bridgehead atoms. The number of fused-ring (bicyclic) bond motifs is 1. The molecule has 3 aliphatic heterocycles. The van der Waals surface area contributed by atoms with Gasteiger partial charge in [-0.05, 0) is 51.5 Å². The van der Waals surface area contributed by atoms with E-state index in [4.69, 9.17) is 19.4 Å². The fourth-order valence-corrected chi connectivity index (χ4v) is 4.94. The molecule has 1 aromatic heterocycles. The van der Waals surface area contributed by atoms with Gasteiger partial charge < -0.3 is 29.9 Å². The summed E-state index contributed by atoms with van der Waals surface area (Å²) in [6.07, 6.45) is 0.715. The van der Waals surface area contributed by atoms with Crippen LogP contribution in [0.25, 0.3) is 11.4 Å². The Hall–Kier alpha value is -3.24. The van der Waals surface area contributed by atoms with Crippen LogP contribution in [0.1, 0.15) is 32.0 Å². The zero-order valence-corrected chi connectivity index (χ0v) is 21.2. The van der Waals surface area contributed by atoms with Crippen molar-refractivity contribution in [3.05, 3.63) is 35.5 Å². The minimum Gasteiger partial charge on any atom is -0.379 e. The Morgan fingerprint density at radius 2 is 1.92 bits per heavy atom. The predicted molar refractivity (Wildman–Crippen MR) is 136 cm³/mol. The van der Waals surface area contributed by atoms with E-state index in [1.54, 1.807) is 0 Å². The van der Waals surface area contributed by atoms with Crippen LogP contribution in [0.5, 0.6) is 0 Å². The van der Waals surface area contributed by atoms with E-state index in [1.165, 1.54) is 0 Å². The molecule has 10 heteroatoms. The molecule has 3 amide bonds. The number of hydrogen-bond acceptors (Lipinski definition) is 7. The molecular formula is C26H34N6O4. The topological polar surface area (TPSA) is 109 Å². The van der Waals surface area contributed by atoms with Crippen LogP contribution in [0.3, 0.4) is 0 Å². The molecule has 1 aromatic carbocycles. The van der Waals surface area contributed by atoms with Crippen molar-refractivity contribution in [1.82, 2.24) is 20.2 Å². The van der Waals surface area contributed by atoms with E-state index in [2.05, 4.69) is 22.5 Å². The Bertz CT molecular complexity index is 1130. The van der Waals surface area contributed by atoms with Gasteiger partial charge in [0.25, 0.3) is 0 Å². The second-order valence-corrected chi connectivity index (χ2v) is 10.0. The van der Waals surface area contributed by atoms with Crippen molar-refractivity contribution >= 4 is 23.4 Å². The van der Waals surface area contributed by atoms with Gasteiger partial charge in [0.2, 0.25) is 5.91 Å². The van der Waals surface area contributed by atoms with E-state index >= 15 is 0 Å². The van der Waals surface area contributed by atoms with Gasteiger partial charge in [0, 0.05) is 36.4 Å². The number of carbonyl (C=O) groups excluding carboxylic acids is 2. The van der Waals surface area contributed by atoms with Gasteiger partial charge in [-0.15, -0.1) is 0 Å². The number of morpholine rings is 1. The van der Waals surface area contributed by atoms with E-state index in [-0.39, 0.29) is 18.0 Å². The van der Waals surface area contributed by atoms with Gasteiger partial charge in [-0.3, -0.25) is 4.79 Å². The summed E-state index contributed by atoms with van der Waals surface area (Å²) >= 11 is 0. The van der Waals surface area contributed by atoms with E-state index in [0.29, 0.717) is 64.0 Å². The maximum atomic E-state index is 13.2. The second-order valence-electron chi connectivity index (χ2n) is 10.0. The SMILES string of the molecule is CCNC(=O)Nc1ccc(-c2nc3c(c(N4CCOC[C@@H]4C)n2)CCN(C(=O)C2(C)COC2)C3)cc1. The largest absolute Gasteiger partial charge is 0.379 e. The number of hydrogen-bond donors (Lipinski definition) is 2. The number of carbonyl (C=O) groups is 2. The Labute approximate surface area is 211 Å². The Morgan fingerprint density at radius 3 is 2.58 bits per heavy atom. The number of amides is 3. The van der Waals surface area contributed by atoms with Gasteiger partial charge in [-0.1, -0.05) is 0 Å². The third-order valence-electron chi connectivity index (χ3n) is 7.07. The van der Waals surface area contributed by atoms with Crippen molar-refractivity contribution in [2.45, 2.75) is 39.8 Å². The number of rotatable bonds is 5. The van der Waals surface area contributed by atoms with Crippen molar-refractivity contribution in [2.75, 3.05) is 56.3 Å². The first-order valence-electron chi connectivity index (χ1n) is 12.6. The molecule has 1 atom stereocenters. The fraction of sp³-hybridized carbons (Fsp3) is 0.538. The van der Waals surface area contributed by atoms with Crippen LogP contribution in [-0.4, -0.2) is 78.9 Å². The smallest absolute Gasteiger partial charge is 0.319 e. The molecule has 192 valence electrons. The first-order valence-corrected chi connectivity index (χ1v) is 12.6. The Balaban J connectivity index is 1.47. The second kappa shape index (κ2) is 10.0. The van der Waals surface area contributed by atoms with Crippen LogP contribution < -0.4 is 15.5 Å². The maximum Gasteiger partial charge on any atom is 0.319 e. The number of nitrogens with zero attached hydrogens (tertiary/aromatic N) is 4. The minimum atomic E-state index is -0.443. The highest BCUT2D eigenvalue weighted by molar-refractivity contribution is 5.89. The molecule has 0 saturated carbocycles. The average Bonchev–Trinajstić information content (AvgIpc) is 2.87. The van der Waals surface area contributed by atoms with Crippen LogP contribution in [0.4, 0.5) is 16.3 Å². The highest BCUT2D eigenvalue weighted by Crippen LogP contribution is 2.35. The number of anilines is 2. The summed E-state index contributed by atoms with van der Waals surface area (Å²) in [6, 6.07) is 7.46. The van der Waals surface area contributed by atoms with Crippen molar-refractivity contribution in [3.63, 3.8) is 0 Å². The third-order valence-corrected chi connectivity index (χ3v) is 7.07. The summed E-state index contributed by atoms with van der Waals surface area (Å²) in [7, 11) is 0. The summed E-state index contributed by atoms with van der Waals surface area (Å²) in [5.74, 6) is 1.67. The van der Waals surface area contributed by atoms with E-state index in [0.717, 1.165) is 29.2 Å². The highest BCUT2D eigenvalue weighted by Gasteiger charge is 2.44. The average molecular weight is 495 g/mol. The molecule has 4 heterocycles. The quantitative estimate of drug-likeness (QED) is 0.657. The molecule has 0 unspecified atom stereocenters. The van der Waals surface area contributed by atoms with Gasteiger partial charge in [-0.2, -0.15) is 0 Å². The zero-order chi connectivity index (χ0) is 25.3. The normalized spacial score (nSPS) is 20.8. The van der Waals surface area contributed by atoms with Gasteiger partial charge in [0.15, 0.2) is 5.82 Å². The van der Waals surface area contributed by atoms with Gasteiger partial charge in [-0.25, -0.2) is 14.8 Å². The number of nitrogens with one attached hydrogen (secondary N) is 2. The van der Waals surface area contributed by atoms with Gasteiger partial charge in [0.1, 0.15) is 5.82 Å². The van der Waals surface area contributed by atoms with Crippen molar-refractivity contribution in [2.24, 2.45) is 5.41 Å². The number of ether oxygens (including phenoxy) is 2. The molecule has 0 spiro atoms. The highest BCUT2D eigenvalue weighted by atomic mass is 16.5. The third kappa shape index (κ3) is 4.75. The Morgan fingerprint density at radius 1 is 1.14 bits per heavy atom. The number of urea groups is 1. The first kappa shape index (κ1) is 24.5. The molecular weight excluding hydrogens is 460 g/mol. The zero-order valence-electron chi connectivity index (χ0n) is 21.2. The van der Waals surface area contributed by atoms with Gasteiger partial charge >= 0.3 is 6.03 Å². The molecule has 36 heavy (non-hydrogen) atoms. The molecule has 0 aliphatic carbocycles. The van der Waals surface area contributed by atoms with Crippen LogP contribution in [0.15, 0.2) is 24.3 Å². The van der Waals surface area contributed by atoms with E-state index in [9.17, 15) is 9.59 Å². The van der Waals surface area contributed by atoms with Crippen molar-refractivity contribution in [3.8, 4) is 11.4 Å². The predicted octanol–water partition coefficient (Wildman–Crippen LogP) is 2.43. The molecule has 2 aromatic rings. The van der Waals surface area contributed by atoms with Crippen molar-refractivity contribution < 1.29 is 19.1 Å².